The summed E-state index contributed by atoms with van der Waals surface area (Å²) in [6, 6.07) is 13.4. The minimum atomic E-state index is -0.633. The van der Waals surface area contributed by atoms with Gasteiger partial charge in [-0.1, -0.05) is 48.0 Å². The van der Waals surface area contributed by atoms with Crippen molar-refractivity contribution in [2.45, 2.75) is 20.4 Å². The van der Waals surface area contributed by atoms with Crippen molar-refractivity contribution < 1.29 is 9.90 Å². The molecule has 0 aliphatic carbocycles. The second kappa shape index (κ2) is 8.10. The summed E-state index contributed by atoms with van der Waals surface area (Å²) in [5.74, 6) is -0.802. The molecule has 164 valence electrons. The van der Waals surface area contributed by atoms with Crippen molar-refractivity contribution in [3.8, 4) is 17.0 Å². The molecule has 0 saturated heterocycles. The molecule has 0 radical (unpaired) electrons. The molecule has 0 bridgehead atoms. The highest BCUT2D eigenvalue weighted by molar-refractivity contribution is 7.17. The second-order valence-electron chi connectivity index (χ2n) is 7.79. The molecule has 33 heavy (non-hydrogen) atoms. The number of H-pyrrole nitrogens is 1. The number of nitrogens with zero attached hydrogens (tertiary/aromatic N) is 4. The van der Waals surface area contributed by atoms with E-state index in [1.807, 2.05) is 55.6 Å². The highest BCUT2D eigenvalue weighted by atomic mass is 32.1. The van der Waals surface area contributed by atoms with Crippen molar-refractivity contribution in [1.82, 2.24) is 14.5 Å². The lowest BCUT2D eigenvalue weighted by Crippen LogP contribution is -2.23. The molecule has 3 heterocycles. The lowest BCUT2D eigenvalue weighted by molar-refractivity contribution is -0.118. The summed E-state index contributed by atoms with van der Waals surface area (Å²) < 4.78 is 1.23. The van der Waals surface area contributed by atoms with Crippen LogP contribution in [0.1, 0.15) is 11.1 Å². The maximum absolute atomic E-state index is 13.1. The summed E-state index contributed by atoms with van der Waals surface area (Å²) in [6.07, 6.45) is 1.35. The molecular formula is C24H19N5O3S. The fourth-order valence-corrected chi connectivity index (χ4v) is 4.65. The van der Waals surface area contributed by atoms with E-state index < -0.39 is 5.91 Å². The highest BCUT2D eigenvalue weighted by Crippen LogP contribution is 2.36. The fraction of sp³-hybridized carbons (Fsp3) is 0.125. The van der Waals surface area contributed by atoms with E-state index >= 15 is 0 Å². The average Bonchev–Trinajstić information content (AvgIpc) is 3.37. The smallest absolute Gasteiger partial charge is 0.284 e. The molecule has 1 amide bonds. The SMILES string of the molecule is Cc1ccc(-c2csc3ncn(CC(=O)N=Nc4c(O)[nH]c5c(C)cccc45)c(=O)c23)cc1. The van der Waals surface area contributed by atoms with Crippen LogP contribution in [-0.2, 0) is 11.3 Å². The summed E-state index contributed by atoms with van der Waals surface area (Å²) in [5, 5.41) is 20.9. The number of rotatable bonds is 4. The lowest BCUT2D eigenvalue weighted by Gasteiger charge is -2.04. The Bertz CT molecular complexity index is 1610. The molecule has 0 atom stereocenters. The minimum absolute atomic E-state index is 0.169. The number of azo groups is 1. The molecular weight excluding hydrogens is 438 g/mol. The van der Waals surface area contributed by atoms with Gasteiger partial charge in [-0.3, -0.25) is 14.2 Å². The van der Waals surface area contributed by atoms with Crippen LogP contribution < -0.4 is 5.56 Å². The average molecular weight is 458 g/mol. The van der Waals surface area contributed by atoms with Gasteiger partial charge in [0.15, 0.2) is 5.69 Å². The van der Waals surface area contributed by atoms with Crippen LogP contribution in [0.2, 0.25) is 0 Å². The number of para-hydroxylation sites is 1. The van der Waals surface area contributed by atoms with E-state index in [1.165, 1.54) is 22.2 Å². The summed E-state index contributed by atoms with van der Waals surface area (Å²) >= 11 is 1.38. The number of hydrogen-bond donors (Lipinski definition) is 2. The standard InChI is InChI=1S/C24H19N5O3S/c1-13-6-8-15(9-7-13)17-11-33-23-19(17)24(32)29(12-25-23)10-18(30)27-28-21-16-5-3-4-14(2)20(16)26-22(21)31/h3-9,11-12,26,31H,10H2,1-2H3. The predicted octanol–water partition coefficient (Wildman–Crippen LogP) is 5.24. The van der Waals surface area contributed by atoms with Crippen LogP contribution in [0.4, 0.5) is 5.69 Å². The van der Waals surface area contributed by atoms with E-state index in [9.17, 15) is 14.7 Å². The number of nitrogens with one attached hydrogen (secondary N) is 1. The molecule has 2 aromatic carbocycles. The van der Waals surface area contributed by atoms with Gasteiger partial charge in [0.05, 0.1) is 17.2 Å². The fourth-order valence-electron chi connectivity index (χ4n) is 3.75. The molecule has 0 unspecified atom stereocenters. The quantitative estimate of drug-likeness (QED) is 0.359. The van der Waals surface area contributed by atoms with Gasteiger partial charge in [-0.2, -0.15) is 0 Å². The molecule has 0 saturated carbocycles. The summed E-state index contributed by atoms with van der Waals surface area (Å²) in [5.41, 5.74) is 4.36. The number of thiophene rings is 1. The van der Waals surface area contributed by atoms with E-state index in [0.29, 0.717) is 15.6 Å². The monoisotopic (exact) mass is 457 g/mol. The highest BCUT2D eigenvalue weighted by Gasteiger charge is 2.16. The van der Waals surface area contributed by atoms with E-state index in [1.54, 1.807) is 6.07 Å². The Labute approximate surface area is 191 Å². The number of aromatic nitrogens is 3. The van der Waals surface area contributed by atoms with Crippen molar-refractivity contribution in [3.05, 3.63) is 75.7 Å². The minimum Gasteiger partial charge on any atom is -0.493 e. The summed E-state index contributed by atoms with van der Waals surface area (Å²) in [4.78, 5) is 33.5. The van der Waals surface area contributed by atoms with Gasteiger partial charge in [0, 0.05) is 16.3 Å². The van der Waals surface area contributed by atoms with Crippen molar-refractivity contribution in [2.75, 3.05) is 0 Å². The van der Waals surface area contributed by atoms with Gasteiger partial charge in [-0.25, -0.2) is 4.98 Å². The number of fused-ring (bicyclic) bond motifs is 2. The first kappa shape index (κ1) is 20.8. The molecule has 0 aliphatic rings. The zero-order valence-corrected chi connectivity index (χ0v) is 18.7. The van der Waals surface area contributed by atoms with Crippen molar-refractivity contribution in [1.29, 1.82) is 0 Å². The number of carbonyl (C=O) groups is 1. The van der Waals surface area contributed by atoms with Crippen molar-refractivity contribution in [3.63, 3.8) is 0 Å². The first-order chi connectivity index (χ1) is 15.9. The maximum Gasteiger partial charge on any atom is 0.284 e. The number of carbonyl (C=O) groups excluding carboxylic acids is 1. The van der Waals surface area contributed by atoms with Gasteiger partial charge in [0.25, 0.3) is 11.5 Å². The molecule has 0 spiro atoms. The van der Waals surface area contributed by atoms with Gasteiger partial charge >= 0.3 is 0 Å². The summed E-state index contributed by atoms with van der Waals surface area (Å²) in [6.45, 7) is 3.59. The molecule has 9 heteroatoms. The zero-order chi connectivity index (χ0) is 23.1. The largest absolute Gasteiger partial charge is 0.493 e. The molecule has 3 aromatic heterocycles. The molecule has 5 rings (SSSR count). The van der Waals surface area contributed by atoms with Crippen molar-refractivity contribution in [2.24, 2.45) is 10.2 Å². The Morgan fingerprint density at radius 2 is 1.97 bits per heavy atom. The maximum atomic E-state index is 13.1. The van der Waals surface area contributed by atoms with Crippen LogP contribution in [0.25, 0.3) is 32.2 Å². The van der Waals surface area contributed by atoms with Crippen LogP contribution in [0.3, 0.4) is 0 Å². The molecule has 5 aromatic rings. The number of aromatic hydroxyl groups is 1. The molecule has 2 N–H and O–H groups in total. The van der Waals surface area contributed by atoms with Crippen LogP contribution in [0.5, 0.6) is 5.88 Å². The van der Waals surface area contributed by atoms with Crippen LogP contribution >= 0.6 is 11.3 Å². The zero-order valence-electron chi connectivity index (χ0n) is 17.9. The normalized spacial score (nSPS) is 11.7. The molecule has 8 nitrogen and oxygen atoms in total. The van der Waals surface area contributed by atoms with Gasteiger partial charge in [0.2, 0.25) is 5.88 Å². The van der Waals surface area contributed by atoms with Crippen LogP contribution in [-0.4, -0.2) is 25.5 Å². The van der Waals surface area contributed by atoms with Crippen LogP contribution in [0.15, 0.2) is 69.2 Å². The lowest BCUT2D eigenvalue weighted by atomic mass is 10.1. The van der Waals surface area contributed by atoms with E-state index in [-0.39, 0.29) is 23.7 Å². The van der Waals surface area contributed by atoms with Crippen LogP contribution in [0, 0.1) is 13.8 Å². The Hall–Kier alpha value is -4.11. The Morgan fingerprint density at radius 1 is 1.18 bits per heavy atom. The Morgan fingerprint density at radius 3 is 2.76 bits per heavy atom. The van der Waals surface area contributed by atoms with Crippen molar-refractivity contribution >= 4 is 44.1 Å². The van der Waals surface area contributed by atoms with Gasteiger partial charge in [-0.05, 0) is 25.0 Å². The number of amides is 1. The number of benzene rings is 2. The third-order valence-electron chi connectivity index (χ3n) is 5.49. The number of aromatic amines is 1. The topological polar surface area (TPSA) is 113 Å². The first-order valence-electron chi connectivity index (χ1n) is 10.2. The molecule has 0 fully saturated rings. The van der Waals surface area contributed by atoms with E-state index in [4.69, 9.17) is 0 Å². The third-order valence-corrected chi connectivity index (χ3v) is 6.37. The third kappa shape index (κ3) is 3.72. The predicted molar refractivity (Wildman–Crippen MR) is 128 cm³/mol. The van der Waals surface area contributed by atoms with E-state index in [0.717, 1.165) is 27.8 Å². The Kier molecular flexibility index (Phi) is 5.10. The van der Waals surface area contributed by atoms with Gasteiger partial charge < -0.3 is 10.1 Å². The van der Waals surface area contributed by atoms with Gasteiger partial charge in [0.1, 0.15) is 11.4 Å². The Balaban J connectivity index is 1.46. The summed E-state index contributed by atoms with van der Waals surface area (Å²) in [7, 11) is 0. The van der Waals surface area contributed by atoms with Gasteiger partial charge in [-0.15, -0.1) is 21.6 Å². The molecule has 0 aliphatic heterocycles. The number of aryl methyl sites for hydroxylation is 2. The first-order valence-corrected chi connectivity index (χ1v) is 11.1. The van der Waals surface area contributed by atoms with E-state index in [2.05, 4.69) is 20.2 Å². The second-order valence-corrected chi connectivity index (χ2v) is 8.64. The number of hydrogen-bond acceptors (Lipinski definition) is 6.